The van der Waals surface area contributed by atoms with E-state index in [1.165, 1.54) is 6.33 Å². The highest BCUT2D eigenvalue weighted by molar-refractivity contribution is 7.32. The normalized spacial score (nSPS) is 25.4. The lowest BCUT2D eigenvalue weighted by Crippen LogP contribution is -2.41. The van der Waals surface area contributed by atoms with E-state index >= 15 is 0 Å². The number of anilines is 1. The first kappa shape index (κ1) is 21.8. The predicted octanol–water partition coefficient (Wildman–Crippen LogP) is 0.853. The van der Waals surface area contributed by atoms with E-state index < -0.39 is 38.4 Å². The molecule has 0 saturated carbocycles. The third-order valence-corrected chi connectivity index (χ3v) is 4.59. The minimum absolute atomic E-state index is 0.0595. The van der Waals surface area contributed by atoms with Crippen LogP contribution in [0.2, 0.25) is 0 Å². The Morgan fingerprint density at radius 1 is 1.31 bits per heavy atom. The van der Waals surface area contributed by atoms with E-state index in [1.807, 2.05) is 27.7 Å². The van der Waals surface area contributed by atoms with Crippen molar-refractivity contribution in [2.45, 2.75) is 64.4 Å². The van der Waals surface area contributed by atoms with Gasteiger partial charge in [0.15, 0.2) is 17.4 Å². The van der Waals surface area contributed by atoms with Gasteiger partial charge in [0.1, 0.15) is 24.9 Å². The maximum atomic E-state index is 12.1. The Kier molecular flexibility index (Phi) is 6.62. The second kappa shape index (κ2) is 8.82. The van der Waals surface area contributed by atoms with E-state index in [4.69, 9.17) is 29.4 Å². The van der Waals surface area contributed by atoms with Crippen LogP contribution in [0, 0.1) is 0 Å². The molecule has 0 bridgehead atoms. The van der Waals surface area contributed by atoms with Gasteiger partial charge in [0.05, 0.1) is 18.5 Å². The molecule has 1 fully saturated rings. The first-order valence-electron chi connectivity index (χ1n) is 9.15. The Balaban J connectivity index is 2.03. The molecule has 5 atom stereocenters. The summed E-state index contributed by atoms with van der Waals surface area (Å²) in [6.07, 6.45) is -1.62. The molecule has 1 unspecified atom stereocenters. The van der Waals surface area contributed by atoms with Crippen molar-refractivity contribution in [3.8, 4) is 0 Å². The van der Waals surface area contributed by atoms with E-state index in [0.717, 1.165) is 0 Å². The van der Waals surface area contributed by atoms with Gasteiger partial charge < -0.3 is 19.9 Å². The van der Waals surface area contributed by atoms with Gasteiger partial charge in [-0.2, -0.15) is 4.98 Å². The molecule has 0 spiro atoms. The van der Waals surface area contributed by atoms with E-state index in [9.17, 15) is 9.36 Å². The minimum atomic E-state index is -2.80. The molecule has 29 heavy (non-hydrogen) atoms. The Morgan fingerprint density at radius 2 is 1.97 bits per heavy atom. The SMILES string of the molecule is CC(C)O[C@@H]1[C@H](OC(C)C)[C@@H](CO[P+](=O)O)O[C@H]1n1cnc2c(=O)[nH]c(N)nc21. The standard InChI is InChI=1S/C16H24N5O7P/c1-7(2)26-11-9(5-25-29(23)24)28-15(12(11)27-8(3)4)21-6-18-10-13(21)19-16(17)20-14(10)22/h6-9,11-12,15H,5H2,1-4H3,(H3-,17,19,20,22,23,24)/p+1/t9-,11-,12-,15-/m1/s1. The lowest BCUT2D eigenvalue weighted by Gasteiger charge is -2.27. The first-order valence-corrected chi connectivity index (χ1v) is 10.3. The molecule has 2 aromatic heterocycles. The third kappa shape index (κ3) is 4.80. The molecule has 0 radical (unpaired) electrons. The van der Waals surface area contributed by atoms with Crippen molar-refractivity contribution >= 4 is 25.4 Å². The van der Waals surface area contributed by atoms with Gasteiger partial charge in [-0.05, 0) is 27.7 Å². The zero-order valence-electron chi connectivity index (χ0n) is 16.5. The number of nitrogens with zero attached hydrogens (tertiary/aromatic N) is 3. The van der Waals surface area contributed by atoms with Gasteiger partial charge in [0, 0.05) is 4.57 Å². The second-order valence-corrected chi connectivity index (χ2v) is 7.91. The molecular formula is C16H25N5O7P+. The van der Waals surface area contributed by atoms with Crippen molar-refractivity contribution in [1.82, 2.24) is 19.5 Å². The van der Waals surface area contributed by atoms with E-state index in [2.05, 4.69) is 15.0 Å². The Hall–Kier alpha value is -1.95. The number of nitrogens with two attached hydrogens (primary N) is 1. The number of imidazole rings is 1. The van der Waals surface area contributed by atoms with Crippen molar-refractivity contribution in [2.75, 3.05) is 12.3 Å². The van der Waals surface area contributed by atoms with Gasteiger partial charge in [0.25, 0.3) is 5.56 Å². The van der Waals surface area contributed by atoms with E-state index in [0.29, 0.717) is 0 Å². The number of rotatable bonds is 8. The summed E-state index contributed by atoms with van der Waals surface area (Å²) in [4.78, 5) is 31.8. The van der Waals surface area contributed by atoms with Crippen LogP contribution in [-0.2, 0) is 23.3 Å². The molecule has 0 aromatic carbocycles. The van der Waals surface area contributed by atoms with Gasteiger partial charge in [0.2, 0.25) is 5.95 Å². The van der Waals surface area contributed by atoms with Crippen LogP contribution in [-0.4, -0.2) is 61.5 Å². The first-order chi connectivity index (χ1) is 13.7. The summed E-state index contributed by atoms with van der Waals surface area (Å²) >= 11 is 0. The average molecular weight is 430 g/mol. The lowest BCUT2D eigenvalue weighted by molar-refractivity contribution is -0.112. The van der Waals surface area contributed by atoms with Crippen LogP contribution < -0.4 is 11.3 Å². The van der Waals surface area contributed by atoms with Crippen molar-refractivity contribution in [2.24, 2.45) is 0 Å². The highest BCUT2D eigenvalue weighted by Crippen LogP contribution is 2.37. The van der Waals surface area contributed by atoms with E-state index in [-0.39, 0.29) is 35.9 Å². The molecule has 3 rings (SSSR count). The number of hydrogen-bond donors (Lipinski definition) is 3. The summed E-state index contributed by atoms with van der Waals surface area (Å²) in [5, 5.41) is 0. The molecule has 2 aromatic rings. The number of aromatic nitrogens is 4. The summed E-state index contributed by atoms with van der Waals surface area (Å²) in [5.74, 6) is -0.0595. The lowest BCUT2D eigenvalue weighted by atomic mass is 10.1. The molecule has 12 nitrogen and oxygen atoms in total. The fourth-order valence-corrected chi connectivity index (χ4v) is 3.54. The highest BCUT2D eigenvalue weighted by atomic mass is 31.1. The maximum absolute atomic E-state index is 12.1. The fourth-order valence-electron chi connectivity index (χ4n) is 3.27. The van der Waals surface area contributed by atoms with Gasteiger partial charge in [-0.1, -0.05) is 0 Å². The molecule has 13 heteroatoms. The summed E-state index contributed by atoms with van der Waals surface area (Å²) in [6, 6.07) is 0. The number of hydrogen-bond acceptors (Lipinski definition) is 9. The van der Waals surface area contributed by atoms with Crippen LogP contribution in [0.25, 0.3) is 11.2 Å². The molecule has 1 aliphatic rings. The van der Waals surface area contributed by atoms with Gasteiger partial charge >= 0.3 is 8.25 Å². The Morgan fingerprint density at radius 3 is 2.59 bits per heavy atom. The molecule has 0 aliphatic carbocycles. The molecule has 4 N–H and O–H groups in total. The van der Waals surface area contributed by atoms with Gasteiger partial charge in [-0.3, -0.25) is 14.3 Å². The van der Waals surface area contributed by atoms with Crippen molar-refractivity contribution < 1.29 is 28.2 Å². The van der Waals surface area contributed by atoms with Crippen molar-refractivity contribution in [3.63, 3.8) is 0 Å². The predicted molar refractivity (Wildman–Crippen MR) is 102 cm³/mol. The van der Waals surface area contributed by atoms with E-state index in [1.54, 1.807) is 4.57 Å². The molecule has 0 amide bonds. The smallest absolute Gasteiger partial charge is 0.370 e. The molecular weight excluding hydrogens is 405 g/mol. The largest absolute Gasteiger partial charge is 0.694 e. The maximum Gasteiger partial charge on any atom is 0.694 e. The topological polar surface area (TPSA) is 164 Å². The molecule has 160 valence electrons. The molecule has 3 heterocycles. The van der Waals surface area contributed by atoms with Crippen molar-refractivity contribution in [3.05, 3.63) is 16.7 Å². The summed E-state index contributed by atoms with van der Waals surface area (Å²) < 4.78 is 35.6. The summed E-state index contributed by atoms with van der Waals surface area (Å²) in [5.41, 5.74) is 5.54. The molecule has 1 aliphatic heterocycles. The zero-order chi connectivity index (χ0) is 21.3. The number of H-pyrrole nitrogens is 1. The second-order valence-electron chi connectivity index (χ2n) is 7.17. The van der Waals surface area contributed by atoms with Crippen LogP contribution in [0.4, 0.5) is 5.95 Å². The van der Waals surface area contributed by atoms with Gasteiger partial charge in [-0.15, -0.1) is 9.42 Å². The number of nitrogens with one attached hydrogen (secondary N) is 1. The van der Waals surface area contributed by atoms with Crippen LogP contribution in [0.15, 0.2) is 11.1 Å². The zero-order valence-corrected chi connectivity index (χ0v) is 17.4. The summed E-state index contributed by atoms with van der Waals surface area (Å²) in [6.45, 7) is 7.27. The summed E-state index contributed by atoms with van der Waals surface area (Å²) in [7, 11) is -2.80. The van der Waals surface area contributed by atoms with Crippen molar-refractivity contribution in [1.29, 1.82) is 0 Å². The average Bonchev–Trinajstić information content (AvgIpc) is 3.15. The third-order valence-electron chi connectivity index (χ3n) is 4.22. The Bertz CT molecular complexity index is 930. The fraction of sp³-hybridized carbons (Fsp3) is 0.688. The Labute approximate surface area is 167 Å². The number of ether oxygens (including phenoxy) is 3. The van der Waals surface area contributed by atoms with Crippen LogP contribution >= 0.6 is 8.25 Å². The number of fused-ring (bicyclic) bond motifs is 1. The monoisotopic (exact) mass is 430 g/mol. The number of aromatic amines is 1. The van der Waals surface area contributed by atoms with Crippen LogP contribution in [0.3, 0.4) is 0 Å². The van der Waals surface area contributed by atoms with Gasteiger partial charge in [-0.25, -0.2) is 4.98 Å². The van der Waals surface area contributed by atoms with Crippen LogP contribution in [0.1, 0.15) is 33.9 Å². The number of nitrogen functional groups attached to an aromatic ring is 1. The quantitative estimate of drug-likeness (QED) is 0.511. The van der Waals surface area contributed by atoms with Crippen LogP contribution in [0.5, 0.6) is 0 Å². The molecule has 1 saturated heterocycles. The highest BCUT2D eigenvalue weighted by Gasteiger charge is 2.49. The minimum Gasteiger partial charge on any atom is -0.370 e.